The van der Waals surface area contributed by atoms with Gasteiger partial charge in [-0.3, -0.25) is 9.59 Å². The zero-order chi connectivity index (χ0) is 27.9. The molecule has 0 radical (unpaired) electrons. The first kappa shape index (κ1) is 27.1. The van der Waals surface area contributed by atoms with E-state index in [0.29, 0.717) is 22.8 Å². The van der Waals surface area contributed by atoms with Gasteiger partial charge in [0, 0.05) is 36.1 Å². The standard InChI is InChI=1S/C32H34N6O2/c33-29-10-3-1-6-21(29)17-27(39)19-25-12-14-31(37-35-25)23-8-5-9-24(16-23)32-15-13-26(36-38-32)20-28(40)18-22-7-2-4-11-30(22)34/h1-4,6-7,10-15,23-24H,5,8-9,16-20,33-34H2/t23-,24-/m0/s1. The largest absolute Gasteiger partial charge is 0.398 e. The molecule has 2 atom stereocenters. The Bertz CT molecular complexity index is 1360. The van der Waals surface area contributed by atoms with E-state index in [1.165, 1.54) is 0 Å². The lowest BCUT2D eigenvalue weighted by Crippen LogP contribution is -2.17. The third-order valence-corrected chi connectivity index (χ3v) is 7.63. The van der Waals surface area contributed by atoms with Crippen LogP contribution < -0.4 is 11.5 Å². The van der Waals surface area contributed by atoms with Gasteiger partial charge in [0.05, 0.1) is 35.6 Å². The van der Waals surface area contributed by atoms with Gasteiger partial charge in [0.1, 0.15) is 11.6 Å². The maximum absolute atomic E-state index is 12.5. The van der Waals surface area contributed by atoms with E-state index < -0.39 is 0 Å². The maximum Gasteiger partial charge on any atom is 0.143 e. The highest BCUT2D eigenvalue weighted by Gasteiger charge is 2.27. The van der Waals surface area contributed by atoms with Crippen LogP contribution in [0, 0.1) is 0 Å². The average Bonchev–Trinajstić information content (AvgIpc) is 2.96. The highest BCUT2D eigenvalue weighted by atomic mass is 16.1. The quantitative estimate of drug-likeness (QED) is 0.282. The molecular formula is C32H34N6O2. The predicted molar refractivity (Wildman–Crippen MR) is 155 cm³/mol. The van der Waals surface area contributed by atoms with Gasteiger partial charge in [-0.2, -0.15) is 20.4 Å². The summed E-state index contributed by atoms with van der Waals surface area (Å²) in [5, 5.41) is 17.7. The molecule has 4 N–H and O–H groups in total. The summed E-state index contributed by atoms with van der Waals surface area (Å²) in [6.45, 7) is 0. The monoisotopic (exact) mass is 534 g/mol. The number of carbonyl (C=O) groups is 2. The Labute approximate surface area is 234 Å². The van der Waals surface area contributed by atoms with Gasteiger partial charge in [-0.05, 0) is 66.8 Å². The summed E-state index contributed by atoms with van der Waals surface area (Å²) in [4.78, 5) is 25.1. The van der Waals surface area contributed by atoms with Crippen molar-refractivity contribution in [2.24, 2.45) is 0 Å². The Morgan fingerprint density at radius 3 is 1.45 bits per heavy atom. The number of anilines is 2. The third-order valence-electron chi connectivity index (χ3n) is 7.63. The van der Waals surface area contributed by atoms with Gasteiger partial charge in [0.25, 0.3) is 0 Å². The number of hydrogen-bond donors (Lipinski definition) is 2. The van der Waals surface area contributed by atoms with Crippen LogP contribution in [-0.4, -0.2) is 32.0 Å². The van der Waals surface area contributed by atoms with E-state index in [9.17, 15) is 9.59 Å². The molecule has 0 spiro atoms. The normalized spacial score (nSPS) is 16.9. The lowest BCUT2D eigenvalue weighted by atomic mass is 9.78. The molecule has 1 aliphatic rings. The van der Waals surface area contributed by atoms with Crippen LogP contribution in [0.2, 0.25) is 0 Å². The fourth-order valence-corrected chi connectivity index (χ4v) is 5.44. The number of nitrogens with two attached hydrogens (primary N) is 2. The van der Waals surface area contributed by atoms with Gasteiger partial charge in [-0.25, -0.2) is 0 Å². The van der Waals surface area contributed by atoms with Gasteiger partial charge in [0.15, 0.2) is 0 Å². The number of ketones is 2. The molecule has 8 nitrogen and oxygen atoms in total. The minimum absolute atomic E-state index is 0.0607. The second-order valence-electron chi connectivity index (χ2n) is 10.6. The summed E-state index contributed by atoms with van der Waals surface area (Å²) in [5.41, 5.74) is 18.1. The van der Waals surface area contributed by atoms with Gasteiger partial charge in [-0.15, -0.1) is 0 Å². The molecule has 0 saturated heterocycles. The minimum atomic E-state index is 0.0607. The van der Waals surface area contributed by atoms with Crippen molar-refractivity contribution in [2.75, 3.05) is 11.5 Å². The van der Waals surface area contributed by atoms with Crippen molar-refractivity contribution in [3.05, 3.63) is 107 Å². The number of nitrogen functional groups attached to an aromatic ring is 2. The zero-order valence-corrected chi connectivity index (χ0v) is 22.5. The first-order valence-electron chi connectivity index (χ1n) is 13.8. The van der Waals surface area contributed by atoms with Crippen LogP contribution >= 0.6 is 0 Å². The highest BCUT2D eigenvalue weighted by molar-refractivity contribution is 5.84. The fourth-order valence-electron chi connectivity index (χ4n) is 5.44. The number of nitrogens with zero attached hydrogens (tertiary/aromatic N) is 4. The molecule has 1 saturated carbocycles. The van der Waals surface area contributed by atoms with Crippen molar-refractivity contribution in [1.82, 2.24) is 20.4 Å². The second kappa shape index (κ2) is 12.6. The molecule has 2 aromatic heterocycles. The summed E-state index contributed by atoms with van der Waals surface area (Å²) < 4.78 is 0. The SMILES string of the molecule is Nc1ccccc1CC(=O)Cc1ccc([C@H]2CCC[C@H](c3ccc(CC(=O)Cc4ccccc4N)nn3)C2)nn1. The van der Waals surface area contributed by atoms with E-state index in [1.807, 2.05) is 60.7 Å². The van der Waals surface area contributed by atoms with Crippen molar-refractivity contribution < 1.29 is 9.59 Å². The van der Waals surface area contributed by atoms with Crippen molar-refractivity contribution in [3.63, 3.8) is 0 Å². The zero-order valence-electron chi connectivity index (χ0n) is 22.5. The molecule has 0 amide bonds. The van der Waals surface area contributed by atoms with E-state index in [1.54, 1.807) is 12.1 Å². The van der Waals surface area contributed by atoms with E-state index in [0.717, 1.165) is 48.2 Å². The lowest BCUT2D eigenvalue weighted by Gasteiger charge is -2.28. The van der Waals surface area contributed by atoms with Crippen LogP contribution in [0.5, 0.6) is 0 Å². The van der Waals surface area contributed by atoms with E-state index >= 15 is 0 Å². The molecule has 2 aromatic carbocycles. The molecule has 40 heavy (non-hydrogen) atoms. The predicted octanol–water partition coefficient (Wildman–Crippen LogP) is 4.58. The Hall–Kier alpha value is -4.46. The smallest absolute Gasteiger partial charge is 0.143 e. The highest BCUT2D eigenvalue weighted by Crippen LogP contribution is 2.39. The molecule has 0 aliphatic heterocycles. The van der Waals surface area contributed by atoms with Gasteiger partial charge >= 0.3 is 0 Å². The molecule has 5 rings (SSSR count). The van der Waals surface area contributed by atoms with Crippen molar-refractivity contribution >= 4 is 22.9 Å². The number of benzene rings is 2. The van der Waals surface area contributed by atoms with E-state index in [4.69, 9.17) is 11.5 Å². The van der Waals surface area contributed by atoms with Gasteiger partial charge in [0.2, 0.25) is 0 Å². The number of aromatic nitrogens is 4. The maximum atomic E-state index is 12.5. The Morgan fingerprint density at radius 2 is 1.05 bits per heavy atom. The van der Waals surface area contributed by atoms with Crippen molar-refractivity contribution in [3.8, 4) is 0 Å². The van der Waals surface area contributed by atoms with Crippen LogP contribution in [-0.2, 0) is 35.3 Å². The third kappa shape index (κ3) is 6.94. The summed E-state index contributed by atoms with van der Waals surface area (Å²) >= 11 is 0. The fraction of sp³-hybridized carbons (Fsp3) is 0.312. The van der Waals surface area contributed by atoms with Crippen LogP contribution in [0.1, 0.15) is 71.4 Å². The topological polar surface area (TPSA) is 138 Å². The molecule has 0 unspecified atom stereocenters. The first-order valence-corrected chi connectivity index (χ1v) is 13.8. The molecule has 1 fully saturated rings. The van der Waals surface area contributed by atoms with Crippen LogP contribution in [0.4, 0.5) is 11.4 Å². The minimum Gasteiger partial charge on any atom is -0.398 e. The number of hydrogen-bond acceptors (Lipinski definition) is 8. The van der Waals surface area contributed by atoms with Crippen LogP contribution in [0.25, 0.3) is 0 Å². The summed E-state index contributed by atoms with van der Waals surface area (Å²) in [6, 6.07) is 22.7. The molecule has 1 aliphatic carbocycles. The molecule has 204 valence electrons. The Morgan fingerprint density at radius 1 is 0.600 bits per heavy atom. The Balaban J connectivity index is 1.15. The lowest BCUT2D eigenvalue weighted by molar-refractivity contribution is -0.118. The Kier molecular flexibility index (Phi) is 8.54. The van der Waals surface area contributed by atoms with Gasteiger partial charge in [-0.1, -0.05) is 42.8 Å². The molecular weight excluding hydrogens is 500 g/mol. The van der Waals surface area contributed by atoms with E-state index in [-0.39, 0.29) is 49.1 Å². The molecule has 8 heteroatoms. The summed E-state index contributed by atoms with van der Waals surface area (Å²) in [6.07, 6.45) is 5.11. The van der Waals surface area contributed by atoms with E-state index in [2.05, 4.69) is 20.4 Å². The summed E-state index contributed by atoms with van der Waals surface area (Å²) in [7, 11) is 0. The van der Waals surface area contributed by atoms with Crippen LogP contribution in [0.15, 0.2) is 72.8 Å². The average molecular weight is 535 g/mol. The number of rotatable bonds is 10. The second-order valence-corrected chi connectivity index (χ2v) is 10.6. The number of para-hydroxylation sites is 2. The first-order chi connectivity index (χ1) is 19.4. The van der Waals surface area contributed by atoms with Crippen LogP contribution in [0.3, 0.4) is 0 Å². The van der Waals surface area contributed by atoms with Crippen molar-refractivity contribution in [2.45, 2.75) is 63.2 Å². The number of carbonyl (C=O) groups excluding carboxylic acids is 2. The molecule has 0 bridgehead atoms. The van der Waals surface area contributed by atoms with Gasteiger partial charge < -0.3 is 11.5 Å². The summed E-state index contributed by atoms with van der Waals surface area (Å²) in [5.74, 6) is 0.676. The number of Topliss-reactive ketones (excluding diaryl/α,β-unsaturated/α-hetero) is 2. The molecule has 2 heterocycles. The molecule has 4 aromatic rings. The van der Waals surface area contributed by atoms with Crippen molar-refractivity contribution in [1.29, 1.82) is 0 Å².